The van der Waals surface area contributed by atoms with Crippen LogP contribution in [0.4, 0.5) is 4.39 Å². The maximum atomic E-state index is 13.6. The van der Waals surface area contributed by atoms with Crippen LogP contribution in [0, 0.1) is 5.82 Å². The van der Waals surface area contributed by atoms with E-state index in [4.69, 9.17) is 0 Å². The van der Waals surface area contributed by atoms with Gasteiger partial charge in [-0.05, 0) is 49.6 Å². The van der Waals surface area contributed by atoms with Crippen molar-refractivity contribution in [3.8, 4) is 0 Å². The van der Waals surface area contributed by atoms with E-state index in [2.05, 4.69) is 5.32 Å². The average Bonchev–Trinajstić information content (AvgIpc) is 2.78. The zero-order valence-electron chi connectivity index (χ0n) is 19.4. The Labute approximate surface area is 195 Å². The number of nitrogens with zero attached hydrogens (tertiary/aromatic N) is 1. The van der Waals surface area contributed by atoms with Crippen LogP contribution in [0.25, 0.3) is 0 Å². The third kappa shape index (κ3) is 7.56. The van der Waals surface area contributed by atoms with Gasteiger partial charge in [0.25, 0.3) is 0 Å². The van der Waals surface area contributed by atoms with E-state index in [0.717, 1.165) is 11.1 Å². The molecule has 0 saturated carbocycles. The van der Waals surface area contributed by atoms with Crippen LogP contribution in [-0.2, 0) is 29.0 Å². The maximum Gasteiger partial charge on any atom is 0.243 e. The van der Waals surface area contributed by atoms with Gasteiger partial charge < -0.3 is 10.2 Å². The molecule has 1 N–H and O–H groups in total. The lowest BCUT2D eigenvalue weighted by atomic mass is 10.00. The van der Waals surface area contributed by atoms with Crippen molar-refractivity contribution in [2.45, 2.75) is 51.7 Å². The fourth-order valence-corrected chi connectivity index (χ4v) is 3.67. The molecule has 0 heterocycles. The third-order valence-electron chi connectivity index (χ3n) is 5.23. The second-order valence-electron chi connectivity index (χ2n) is 9.26. The molecule has 33 heavy (non-hydrogen) atoms. The summed E-state index contributed by atoms with van der Waals surface area (Å²) in [5.41, 5.74) is 2.17. The van der Waals surface area contributed by atoms with Gasteiger partial charge in [0.1, 0.15) is 11.9 Å². The Hall–Kier alpha value is -3.47. The normalized spacial score (nSPS) is 12.1. The van der Waals surface area contributed by atoms with Crippen molar-refractivity contribution < 1.29 is 14.0 Å². The smallest absolute Gasteiger partial charge is 0.243 e. The third-order valence-corrected chi connectivity index (χ3v) is 5.23. The van der Waals surface area contributed by atoms with Gasteiger partial charge in [0, 0.05) is 18.5 Å². The number of nitrogens with one attached hydrogen (secondary N) is 1. The standard InChI is InChI=1S/C28H31FN2O2/c1-28(2,3)30-27(33)25(18-21-10-6-4-7-11-21)31(20-23-12-8-5-9-13-23)26(32)19-22-14-16-24(29)17-15-22/h4-17,25H,18-20H2,1-3H3,(H,30,33)/t25-/m0/s1. The Morgan fingerprint density at radius 2 is 1.36 bits per heavy atom. The highest BCUT2D eigenvalue weighted by Gasteiger charge is 2.32. The molecular formula is C28H31FN2O2. The molecule has 0 bridgehead atoms. The zero-order chi connectivity index (χ0) is 23.8. The summed E-state index contributed by atoms with van der Waals surface area (Å²) >= 11 is 0. The number of halogens is 1. The minimum atomic E-state index is -0.695. The summed E-state index contributed by atoms with van der Waals surface area (Å²) in [5, 5.41) is 3.05. The number of hydrogen-bond donors (Lipinski definition) is 1. The van der Waals surface area contributed by atoms with E-state index < -0.39 is 11.6 Å². The molecule has 1 atom stereocenters. The molecule has 3 aromatic carbocycles. The second kappa shape index (κ2) is 10.9. The highest BCUT2D eigenvalue weighted by molar-refractivity contribution is 5.89. The highest BCUT2D eigenvalue weighted by atomic mass is 19.1. The van der Waals surface area contributed by atoms with Crippen molar-refractivity contribution in [2.24, 2.45) is 0 Å². The number of hydrogen-bond acceptors (Lipinski definition) is 2. The van der Waals surface area contributed by atoms with Gasteiger partial charge in [-0.25, -0.2) is 4.39 Å². The van der Waals surface area contributed by atoms with Crippen LogP contribution in [0.2, 0.25) is 0 Å². The van der Waals surface area contributed by atoms with Crippen molar-refractivity contribution in [1.82, 2.24) is 10.2 Å². The van der Waals surface area contributed by atoms with Gasteiger partial charge in [0.2, 0.25) is 11.8 Å². The first kappa shape index (κ1) is 24.2. The zero-order valence-corrected chi connectivity index (χ0v) is 19.4. The van der Waals surface area contributed by atoms with E-state index >= 15 is 0 Å². The molecule has 0 spiro atoms. The monoisotopic (exact) mass is 446 g/mol. The molecule has 5 heteroatoms. The van der Waals surface area contributed by atoms with Crippen LogP contribution in [0.15, 0.2) is 84.9 Å². The van der Waals surface area contributed by atoms with Gasteiger partial charge in [0.15, 0.2) is 0 Å². The molecule has 0 aromatic heterocycles. The van der Waals surface area contributed by atoms with Gasteiger partial charge in [-0.2, -0.15) is 0 Å². The Kier molecular flexibility index (Phi) is 7.99. The molecule has 0 unspecified atom stereocenters. The Morgan fingerprint density at radius 1 is 0.818 bits per heavy atom. The van der Waals surface area contributed by atoms with E-state index in [1.54, 1.807) is 17.0 Å². The number of rotatable bonds is 8. The summed E-state index contributed by atoms with van der Waals surface area (Å²) in [6.45, 7) is 6.07. The molecule has 0 fully saturated rings. The van der Waals surface area contributed by atoms with Gasteiger partial charge in [-0.1, -0.05) is 72.8 Å². The van der Waals surface area contributed by atoms with E-state index in [-0.39, 0.29) is 24.1 Å². The molecule has 4 nitrogen and oxygen atoms in total. The Morgan fingerprint density at radius 3 is 1.91 bits per heavy atom. The van der Waals surface area contributed by atoms with Gasteiger partial charge in [0.05, 0.1) is 6.42 Å². The highest BCUT2D eigenvalue weighted by Crippen LogP contribution is 2.18. The van der Waals surface area contributed by atoms with Crippen molar-refractivity contribution in [3.05, 3.63) is 107 Å². The lowest BCUT2D eigenvalue weighted by molar-refractivity contribution is -0.141. The van der Waals surface area contributed by atoms with Crippen LogP contribution in [-0.4, -0.2) is 28.3 Å². The Bertz CT molecular complexity index is 1040. The predicted molar refractivity (Wildman–Crippen MR) is 129 cm³/mol. The summed E-state index contributed by atoms with van der Waals surface area (Å²) in [6.07, 6.45) is 0.478. The SMILES string of the molecule is CC(C)(C)NC(=O)[C@H](Cc1ccccc1)N(Cc1ccccc1)C(=O)Cc1ccc(F)cc1. The largest absolute Gasteiger partial charge is 0.350 e. The fraction of sp³-hybridized carbons (Fsp3) is 0.286. The first-order valence-electron chi connectivity index (χ1n) is 11.1. The Balaban J connectivity index is 1.96. The average molecular weight is 447 g/mol. The molecule has 172 valence electrons. The molecule has 0 radical (unpaired) electrons. The van der Waals surface area contributed by atoms with E-state index in [0.29, 0.717) is 18.5 Å². The van der Waals surface area contributed by atoms with Gasteiger partial charge in [-0.3, -0.25) is 9.59 Å². The number of carbonyl (C=O) groups excluding carboxylic acids is 2. The molecule has 3 rings (SSSR count). The molecule has 2 amide bonds. The number of amides is 2. The van der Waals surface area contributed by atoms with Crippen LogP contribution >= 0.6 is 0 Å². The molecule has 0 saturated heterocycles. The first-order chi connectivity index (χ1) is 15.7. The summed E-state index contributed by atoms with van der Waals surface area (Å²) in [4.78, 5) is 28.6. The van der Waals surface area contributed by atoms with Crippen LogP contribution < -0.4 is 5.32 Å². The summed E-state index contributed by atoms with van der Waals surface area (Å²) in [5.74, 6) is -0.732. The fourth-order valence-electron chi connectivity index (χ4n) is 3.67. The summed E-state index contributed by atoms with van der Waals surface area (Å²) in [7, 11) is 0. The lowest BCUT2D eigenvalue weighted by Crippen LogP contribution is -2.54. The van der Waals surface area contributed by atoms with Crippen molar-refractivity contribution in [3.63, 3.8) is 0 Å². The van der Waals surface area contributed by atoms with Gasteiger partial charge in [-0.15, -0.1) is 0 Å². The molecule has 0 aliphatic heterocycles. The molecule has 3 aromatic rings. The predicted octanol–water partition coefficient (Wildman–Crippen LogP) is 4.92. The molecular weight excluding hydrogens is 415 g/mol. The van der Waals surface area contributed by atoms with Crippen LogP contribution in [0.1, 0.15) is 37.5 Å². The van der Waals surface area contributed by atoms with Crippen LogP contribution in [0.5, 0.6) is 0 Å². The maximum absolute atomic E-state index is 13.6. The van der Waals surface area contributed by atoms with Gasteiger partial charge >= 0.3 is 0 Å². The molecule has 0 aliphatic carbocycles. The minimum Gasteiger partial charge on any atom is -0.350 e. The minimum absolute atomic E-state index is 0.0845. The number of carbonyl (C=O) groups is 2. The van der Waals surface area contributed by atoms with E-state index in [1.807, 2.05) is 81.4 Å². The quantitative estimate of drug-likeness (QED) is 0.534. The summed E-state index contributed by atoms with van der Waals surface area (Å²) in [6, 6.07) is 24.5. The number of benzene rings is 3. The van der Waals surface area contributed by atoms with Crippen molar-refractivity contribution >= 4 is 11.8 Å². The van der Waals surface area contributed by atoms with Crippen LogP contribution in [0.3, 0.4) is 0 Å². The topological polar surface area (TPSA) is 49.4 Å². The van der Waals surface area contributed by atoms with E-state index in [9.17, 15) is 14.0 Å². The molecule has 0 aliphatic rings. The van der Waals surface area contributed by atoms with Crippen molar-refractivity contribution in [2.75, 3.05) is 0 Å². The van der Waals surface area contributed by atoms with E-state index in [1.165, 1.54) is 12.1 Å². The lowest BCUT2D eigenvalue weighted by Gasteiger charge is -2.34. The van der Waals surface area contributed by atoms with Crippen molar-refractivity contribution in [1.29, 1.82) is 0 Å². The first-order valence-corrected chi connectivity index (χ1v) is 11.1. The second-order valence-corrected chi connectivity index (χ2v) is 9.26. The summed E-state index contributed by atoms with van der Waals surface area (Å²) < 4.78 is 13.4.